The first-order valence-corrected chi connectivity index (χ1v) is 9.17. The van der Waals surface area contributed by atoms with E-state index in [2.05, 4.69) is 15.6 Å². The van der Waals surface area contributed by atoms with E-state index in [0.717, 1.165) is 50.9 Å². The maximum Gasteiger partial charge on any atom is 0.191 e. The summed E-state index contributed by atoms with van der Waals surface area (Å²) in [5.74, 6) is 2.00. The molecule has 3 rings (SSSR count). The van der Waals surface area contributed by atoms with Crippen LogP contribution in [0, 0.1) is 11.7 Å². The van der Waals surface area contributed by atoms with Crippen LogP contribution in [0.25, 0.3) is 0 Å². The molecule has 2 heterocycles. The third-order valence-electron chi connectivity index (χ3n) is 4.42. The molecule has 26 heavy (non-hydrogen) atoms. The molecule has 0 radical (unpaired) electrons. The molecule has 1 fully saturated rings. The van der Waals surface area contributed by atoms with Crippen molar-refractivity contribution >= 4 is 5.96 Å². The first-order valence-electron chi connectivity index (χ1n) is 9.17. The van der Waals surface area contributed by atoms with Gasteiger partial charge < -0.3 is 19.8 Å². The van der Waals surface area contributed by atoms with Crippen molar-refractivity contribution in [3.8, 4) is 0 Å². The van der Waals surface area contributed by atoms with E-state index in [1.54, 1.807) is 12.3 Å². The first-order chi connectivity index (χ1) is 12.8. The maximum atomic E-state index is 13.7. The zero-order valence-electron chi connectivity index (χ0n) is 14.9. The van der Waals surface area contributed by atoms with Crippen molar-refractivity contribution in [1.29, 1.82) is 0 Å². The van der Waals surface area contributed by atoms with E-state index in [0.29, 0.717) is 24.4 Å². The fourth-order valence-corrected chi connectivity index (χ4v) is 2.90. The minimum absolute atomic E-state index is 0.165. The summed E-state index contributed by atoms with van der Waals surface area (Å²) < 4.78 is 24.5. The van der Waals surface area contributed by atoms with Crippen molar-refractivity contribution in [2.24, 2.45) is 10.9 Å². The number of nitrogens with zero attached hydrogens (tertiary/aromatic N) is 1. The number of rotatable bonds is 8. The van der Waals surface area contributed by atoms with Crippen LogP contribution >= 0.6 is 0 Å². The van der Waals surface area contributed by atoms with Gasteiger partial charge in [-0.1, -0.05) is 18.2 Å². The summed E-state index contributed by atoms with van der Waals surface area (Å²) >= 11 is 0. The monoisotopic (exact) mass is 359 g/mol. The molecule has 0 saturated carbocycles. The number of ether oxygens (including phenoxy) is 1. The van der Waals surface area contributed by atoms with Crippen LogP contribution in [0.15, 0.2) is 52.1 Å². The number of guanidine groups is 1. The summed E-state index contributed by atoms with van der Waals surface area (Å²) in [4.78, 5) is 4.67. The highest BCUT2D eigenvalue weighted by molar-refractivity contribution is 5.79. The van der Waals surface area contributed by atoms with E-state index in [1.165, 1.54) is 6.07 Å². The third-order valence-corrected chi connectivity index (χ3v) is 4.42. The number of hydrogen-bond donors (Lipinski definition) is 2. The highest BCUT2D eigenvalue weighted by Crippen LogP contribution is 2.12. The number of nitrogens with one attached hydrogen (secondary N) is 2. The van der Waals surface area contributed by atoms with Crippen molar-refractivity contribution in [2.75, 3.05) is 32.8 Å². The first kappa shape index (κ1) is 18.5. The summed E-state index contributed by atoms with van der Waals surface area (Å²) in [6, 6.07) is 10.7. The fourth-order valence-electron chi connectivity index (χ4n) is 2.90. The maximum absolute atomic E-state index is 13.7. The van der Waals surface area contributed by atoms with Gasteiger partial charge in [0.1, 0.15) is 11.6 Å². The Morgan fingerprint density at radius 2 is 1.96 bits per heavy atom. The molecule has 0 spiro atoms. The summed E-state index contributed by atoms with van der Waals surface area (Å²) in [5.41, 5.74) is 0.708. The van der Waals surface area contributed by atoms with Gasteiger partial charge in [-0.3, -0.25) is 4.99 Å². The molecule has 2 N–H and O–H groups in total. The number of hydrogen-bond acceptors (Lipinski definition) is 3. The molecule has 1 unspecified atom stereocenters. The topological polar surface area (TPSA) is 58.8 Å². The second-order valence-corrected chi connectivity index (χ2v) is 6.44. The zero-order chi connectivity index (χ0) is 18.0. The lowest BCUT2D eigenvalue weighted by Crippen LogP contribution is -2.40. The second kappa shape index (κ2) is 9.97. The molecule has 0 amide bonds. The molecule has 1 aliphatic heterocycles. The van der Waals surface area contributed by atoms with Gasteiger partial charge in [-0.05, 0) is 36.6 Å². The Labute approximate surface area is 153 Å². The van der Waals surface area contributed by atoms with Crippen LogP contribution in [-0.4, -0.2) is 38.8 Å². The summed E-state index contributed by atoms with van der Waals surface area (Å²) in [6.07, 6.45) is 4.13. The third kappa shape index (κ3) is 5.88. The van der Waals surface area contributed by atoms with Crippen LogP contribution in [0.3, 0.4) is 0 Å². The number of aliphatic imine (C=N–C) groups is 1. The van der Waals surface area contributed by atoms with E-state index in [9.17, 15) is 4.39 Å². The molecule has 1 aromatic heterocycles. The number of furan rings is 1. The van der Waals surface area contributed by atoms with E-state index in [4.69, 9.17) is 9.15 Å². The highest BCUT2D eigenvalue weighted by Gasteiger charge is 2.15. The molecule has 1 atom stereocenters. The Kier molecular flexibility index (Phi) is 7.07. The van der Waals surface area contributed by atoms with Crippen LogP contribution in [0.1, 0.15) is 17.7 Å². The quantitative estimate of drug-likeness (QED) is 0.562. The average Bonchev–Trinajstić information content (AvgIpc) is 3.34. The van der Waals surface area contributed by atoms with Gasteiger partial charge in [-0.2, -0.15) is 0 Å². The summed E-state index contributed by atoms with van der Waals surface area (Å²) in [5, 5.41) is 6.63. The average molecular weight is 359 g/mol. The van der Waals surface area contributed by atoms with Crippen LogP contribution in [0.4, 0.5) is 4.39 Å². The molecule has 1 aliphatic rings. The lowest BCUT2D eigenvalue weighted by molar-refractivity contribution is 0.187. The fraction of sp³-hybridized carbons (Fsp3) is 0.450. The molecular weight excluding hydrogens is 333 g/mol. The Morgan fingerprint density at radius 1 is 1.12 bits per heavy atom. The van der Waals surface area contributed by atoms with E-state index in [1.807, 2.05) is 24.3 Å². The van der Waals surface area contributed by atoms with Crippen LogP contribution in [-0.2, 0) is 17.6 Å². The van der Waals surface area contributed by atoms with Crippen LogP contribution in [0.5, 0.6) is 0 Å². The van der Waals surface area contributed by atoms with Crippen molar-refractivity contribution in [3.05, 3.63) is 59.8 Å². The molecule has 5 nitrogen and oxygen atoms in total. The van der Waals surface area contributed by atoms with Gasteiger partial charge >= 0.3 is 0 Å². The van der Waals surface area contributed by atoms with Gasteiger partial charge in [-0.15, -0.1) is 0 Å². The minimum Gasteiger partial charge on any atom is -0.469 e. The second-order valence-electron chi connectivity index (χ2n) is 6.44. The largest absolute Gasteiger partial charge is 0.469 e. The molecule has 0 aliphatic carbocycles. The molecule has 0 bridgehead atoms. The van der Waals surface area contributed by atoms with Crippen molar-refractivity contribution < 1.29 is 13.5 Å². The van der Waals surface area contributed by atoms with Crippen molar-refractivity contribution in [2.45, 2.75) is 19.3 Å². The Bertz CT molecular complexity index is 682. The molecule has 6 heteroatoms. The smallest absolute Gasteiger partial charge is 0.191 e. The highest BCUT2D eigenvalue weighted by atomic mass is 19.1. The number of benzene rings is 1. The Balaban J connectivity index is 1.49. The van der Waals surface area contributed by atoms with Crippen molar-refractivity contribution in [1.82, 2.24) is 10.6 Å². The van der Waals surface area contributed by atoms with Gasteiger partial charge in [0.2, 0.25) is 0 Å². The predicted molar refractivity (Wildman–Crippen MR) is 99.7 cm³/mol. The number of halogens is 1. The lowest BCUT2D eigenvalue weighted by atomic mass is 10.1. The van der Waals surface area contributed by atoms with Crippen LogP contribution < -0.4 is 10.6 Å². The predicted octanol–water partition coefficient (Wildman–Crippen LogP) is 2.78. The molecule has 140 valence electrons. The zero-order valence-corrected chi connectivity index (χ0v) is 14.9. The summed E-state index contributed by atoms with van der Waals surface area (Å²) in [7, 11) is 0. The SMILES string of the molecule is Fc1ccccc1CCNC(=NCC1CCOC1)NCCc1ccco1. The van der Waals surface area contributed by atoms with Gasteiger partial charge in [0.25, 0.3) is 0 Å². The normalized spacial score (nSPS) is 17.4. The molecule has 1 saturated heterocycles. The summed E-state index contributed by atoms with van der Waals surface area (Å²) in [6.45, 7) is 3.67. The van der Waals surface area contributed by atoms with Gasteiger partial charge in [0.05, 0.1) is 12.9 Å². The lowest BCUT2D eigenvalue weighted by Gasteiger charge is -2.13. The molecular formula is C20H26FN3O2. The van der Waals surface area contributed by atoms with E-state index in [-0.39, 0.29) is 5.82 Å². The van der Waals surface area contributed by atoms with E-state index < -0.39 is 0 Å². The minimum atomic E-state index is -0.165. The van der Waals surface area contributed by atoms with E-state index >= 15 is 0 Å². The van der Waals surface area contributed by atoms with Crippen molar-refractivity contribution in [3.63, 3.8) is 0 Å². The van der Waals surface area contributed by atoms with Gasteiger partial charge in [-0.25, -0.2) is 4.39 Å². The van der Waals surface area contributed by atoms with Crippen LogP contribution in [0.2, 0.25) is 0 Å². The standard InChI is InChI=1S/C20H26FN3O2/c21-19-6-2-1-4-17(19)7-10-22-20(24-14-16-9-13-25-15-16)23-11-8-18-5-3-12-26-18/h1-6,12,16H,7-11,13-15H2,(H2,22,23,24). The van der Waals surface area contributed by atoms with Gasteiger partial charge in [0, 0.05) is 38.6 Å². The Hall–Kier alpha value is -2.34. The Morgan fingerprint density at radius 3 is 2.69 bits per heavy atom. The van der Waals surface area contributed by atoms with Gasteiger partial charge in [0.15, 0.2) is 5.96 Å². The molecule has 1 aromatic carbocycles. The molecule has 2 aromatic rings.